The molecule has 5 heteroatoms. The number of aromatic nitrogens is 2. The number of aryl methyl sites for hydroxylation is 2. The summed E-state index contributed by atoms with van der Waals surface area (Å²) in [4.78, 5) is 1.25. The first kappa shape index (κ1) is 14.3. The molecule has 2 aromatic rings. The molecule has 1 aromatic heterocycles. The van der Waals surface area contributed by atoms with Crippen molar-refractivity contribution in [3.8, 4) is 0 Å². The van der Waals surface area contributed by atoms with Crippen LogP contribution in [-0.4, -0.2) is 16.0 Å². The van der Waals surface area contributed by atoms with Gasteiger partial charge >= 0.3 is 0 Å². The smallest absolute Gasteiger partial charge is 0.0865 e. The number of anilines is 1. The normalized spacial score (nSPS) is 10.7. The molecule has 102 valence electrons. The Labute approximate surface area is 123 Å². The quantitative estimate of drug-likeness (QED) is 0.839. The Morgan fingerprint density at radius 1 is 1.42 bits per heavy atom. The average molecular weight is 296 g/mol. The number of hydrogen-bond acceptors (Lipinski definition) is 3. The lowest BCUT2D eigenvalue weighted by Crippen LogP contribution is -2.08. The van der Waals surface area contributed by atoms with Gasteiger partial charge in [-0.25, -0.2) is 0 Å². The summed E-state index contributed by atoms with van der Waals surface area (Å²) in [6.07, 6.45) is 2.07. The Bertz CT molecular complexity index is 566. The van der Waals surface area contributed by atoms with Gasteiger partial charge in [0.15, 0.2) is 0 Å². The number of thioether (sulfide) groups is 1. The van der Waals surface area contributed by atoms with Gasteiger partial charge in [0.05, 0.1) is 23.0 Å². The summed E-state index contributed by atoms with van der Waals surface area (Å²) in [5.41, 5.74) is 3.03. The Morgan fingerprint density at radius 2 is 2.21 bits per heavy atom. The minimum absolute atomic E-state index is 0.686. The third-order valence-electron chi connectivity index (χ3n) is 2.98. The highest BCUT2D eigenvalue weighted by atomic mass is 35.5. The van der Waals surface area contributed by atoms with Crippen LogP contribution in [0.25, 0.3) is 0 Å². The SMILES string of the molecule is CCn1nc(C)c(Cl)c1CNc1cccc(SC)c1. The molecule has 0 aliphatic carbocycles. The van der Waals surface area contributed by atoms with Crippen molar-refractivity contribution in [3.05, 3.63) is 40.7 Å². The van der Waals surface area contributed by atoms with Gasteiger partial charge in [0.2, 0.25) is 0 Å². The molecule has 0 amide bonds. The molecule has 0 spiro atoms. The van der Waals surface area contributed by atoms with Gasteiger partial charge in [-0.15, -0.1) is 11.8 Å². The standard InChI is InChI=1S/C14H18ClN3S/c1-4-18-13(14(15)10(2)17-18)9-16-11-6-5-7-12(8-11)19-3/h5-8,16H,4,9H2,1-3H3. The van der Waals surface area contributed by atoms with Crippen molar-refractivity contribution in [2.75, 3.05) is 11.6 Å². The monoisotopic (exact) mass is 295 g/mol. The lowest BCUT2D eigenvalue weighted by Gasteiger charge is -2.09. The number of benzene rings is 1. The molecule has 3 nitrogen and oxygen atoms in total. The molecule has 19 heavy (non-hydrogen) atoms. The Morgan fingerprint density at radius 3 is 2.89 bits per heavy atom. The van der Waals surface area contributed by atoms with Crippen LogP contribution in [-0.2, 0) is 13.1 Å². The van der Waals surface area contributed by atoms with E-state index in [0.717, 1.165) is 28.6 Å². The molecule has 1 N–H and O–H groups in total. The van der Waals surface area contributed by atoms with Crippen LogP contribution in [0.2, 0.25) is 5.02 Å². The molecule has 0 bridgehead atoms. The number of rotatable bonds is 5. The maximum Gasteiger partial charge on any atom is 0.0865 e. The zero-order valence-corrected chi connectivity index (χ0v) is 13.0. The predicted octanol–water partition coefficient (Wildman–Crippen LogP) is 4.20. The molecule has 0 unspecified atom stereocenters. The van der Waals surface area contributed by atoms with E-state index >= 15 is 0 Å². The third kappa shape index (κ3) is 3.25. The average Bonchev–Trinajstić information content (AvgIpc) is 2.72. The van der Waals surface area contributed by atoms with E-state index < -0.39 is 0 Å². The second kappa shape index (κ2) is 6.35. The van der Waals surface area contributed by atoms with Crippen molar-refractivity contribution in [2.24, 2.45) is 0 Å². The van der Waals surface area contributed by atoms with Gasteiger partial charge in [-0.1, -0.05) is 17.7 Å². The maximum atomic E-state index is 6.29. The minimum atomic E-state index is 0.686. The molecule has 0 fully saturated rings. The zero-order chi connectivity index (χ0) is 13.8. The molecule has 0 atom stereocenters. The van der Waals surface area contributed by atoms with Gasteiger partial charge in [0.25, 0.3) is 0 Å². The van der Waals surface area contributed by atoms with Crippen molar-refractivity contribution in [1.29, 1.82) is 0 Å². The van der Waals surface area contributed by atoms with Crippen LogP contribution in [0, 0.1) is 6.92 Å². The fraction of sp³-hybridized carbons (Fsp3) is 0.357. The molecule has 1 heterocycles. The third-order valence-corrected chi connectivity index (χ3v) is 4.20. The summed E-state index contributed by atoms with van der Waals surface area (Å²) in [6, 6.07) is 8.35. The predicted molar refractivity (Wildman–Crippen MR) is 83.2 cm³/mol. The van der Waals surface area contributed by atoms with Gasteiger partial charge in [-0.3, -0.25) is 4.68 Å². The first-order valence-electron chi connectivity index (χ1n) is 6.25. The summed E-state index contributed by atoms with van der Waals surface area (Å²) >= 11 is 8.03. The number of nitrogens with one attached hydrogen (secondary N) is 1. The van der Waals surface area contributed by atoms with Crippen LogP contribution in [0.4, 0.5) is 5.69 Å². The van der Waals surface area contributed by atoms with Crippen molar-refractivity contribution in [2.45, 2.75) is 31.8 Å². The first-order chi connectivity index (χ1) is 9.15. The van der Waals surface area contributed by atoms with Crippen LogP contribution in [0.5, 0.6) is 0 Å². The second-order valence-electron chi connectivity index (χ2n) is 4.25. The Balaban J connectivity index is 2.14. The van der Waals surface area contributed by atoms with Crippen molar-refractivity contribution in [3.63, 3.8) is 0 Å². The van der Waals surface area contributed by atoms with E-state index in [1.54, 1.807) is 11.8 Å². The molecule has 0 aliphatic rings. The molecule has 0 saturated carbocycles. The fourth-order valence-corrected chi connectivity index (χ4v) is 2.62. The van der Waals surface area contributed by atoms with Crippen molar-refractivity contribution >= 4 is 29.1 Å². The zero-order valence-electron chi connectivity index (χ0n) is 11.4. The summed E-state index contributed by atoms with van der Waals surface area (Å²) < 4.78 is 1.95. The van der Waals surface area contributed by atoms with E-state index in [9.17, 15) is 0 Å². The van der Waals surface area contributed by atoms with Crippen LogP contribution >= 0.6 is 23.4 Å². The molecule has 0 saturated heterocycles. The van der Waals surface area contributed by atoms with E-state index in [1.165, 1.54) is 4.90 Å². The van der Waals surface area contributed by atoms with Crippen LogP contribution in [0.15, 0.2) is 29.2 Å². The fourth-order valence-electron chi connectivity index (χ4n) is 1.96. The van der Waals surface area contributed by atoms with Crippen LogP contribution in [0.3, 0.4) is 0 Å². The highest BCUT2D eigenvalue weighted by molar-refractivity contribution is 7.98. The first-order valence-corrected chi connectivity index (χ1v) is 7.85. The molecule has 1 aromatic carbocycles. The van der Waals surface area contributed by atoms with E-state index in [2.05, 4.69) is 47.9 Å². The highest BCUT2D eigenvalue weighted by Crippen LogP contribution is 2.23. The summed E-state index contributed by atoms with van der Waals surface area (Å²) in [7, 11) is 0. The van der Waals surface area contributed by atoms with Crippen LogP contribution < -0.4 is 5.32 Å². The number of nitrogens with zero attached hydrogens (tertiary/aromatic N) is 2. The molecule has 0 radical (unpaired) electrons. The van der Waals surface area contributed by atoms with E-state index in [1.807, 2.05) is 11.6 Å². The molecular formula is C14H18ClN3S. The van der Waals surface area contributed by atoms with Gasteiger partial charge in [-0.05, 0) is 38.3 Å². The van der Waals surface area contributed by atoms with Gasteiger partial charge in [0, 0.05) is 17.1 Å². The summed E-state index contributed by atoms with van der Waals surface area (Å²) in [5.74, 6) is 0. The summed E-state index contributed by atoms with van der Waals surface area (Å²) in [5, 5.41) is 8.58. The Hall–Kier alpha value is -1.13. The summed E-state index contributed by atoms with van der Waals surface area (Å²) in [6.45, 7) is 5.52. The second-order valence-corrected chi connectivity index (χ2v) is 5.50. The maximum absolute atomic E-state index is 6.29. The van der Waals surface area contributed by atoms with Gasteiger partial charge in [-0.2, -0.15) is 5.10 Å². The molecular weight excluding hydrogens is 278 g/mol. The number of halogens is 1. The van der Waals surface area contributed by atoms with Gasteiger partial charge < -0.3 is 5.32 Å². The van der Waals surface area contributed by atoms with Crippen molar-refractivity contribution in [1.82, 2.24) is 9.78 Å². The van der Waals surface area contributed by atoms with Crippen LogP contribution in [0.1, 0.15) is 18.3 Å². The number of hydrogen-bond donors (Lipinski definition) is 1. The van der Waals surface area contributed by atoms with E-state index in [0.29, 0.717) is 6.54 Å². The van der Waals surface area contributed by atoms with Crippen molar-refractivity contribution < 1.29 is 0 Å². The Kier molecular flexibility index (Phi) is 4.77. The largest absolute Gasteiger partial charge is 0.379 e. The lowest BCUT2D eigenvalue weighted by molar-refractivity contribution is 0.623. The van der Waals surface area contributed by atoms with Gasteiger partial charge in [0.1, 0.15) is 0 Å². The topological polar surface area (TPSA) is 29.9 Å². The highest BCUT2D eigenvalue weighted by Gasteiger charge is 2.11. The molecule has 0 aliphatic heterocycles. The minimum Gasteiger partial charge on any atom is -0.379 e. The van der Waals surface area contributed by atoms with E-state index in [-0.39, 0.29) is 0 Å². The van der Waals surface area contributed by atoms with E-state index in [4.69, 9.17) is 11.6 Å². The molecule has 2 rings (SSSR count). The lowest BCUT2D eigenvalue weighted by atomic mass is 10.3.